The van der Waals surface area contributed by atoms with Gasteiger partial charge in [-0.05, 0) is 26.0 Å². The summed E-state index contributed by atoms with van der Waals surface area (Å²) in [6.45, 7) is 12.2. The number of benzene rings is 1. The van der Waals surface area contributed by atoms with Gasteiger partial charge in [-0.3, -0.25) is 9.88 Å². The van der Waals surface area contributed by atoms with E-state index in [2.05, 4.69) is 62.8 Å². The van der Waals surface area contributed by atoms with E-state index in [0.29, 0.717) is 6.04 Å². The lowest BCUT2D eigenvalue weighted by Gasteiger charge is -2.37. The van der Waals surface area contributed by atoms with E-state index in [-0.39, 0.29) is 0 Å². The van der Waals surface area contributed by atoms with E-state index in [1.165, 1.54) is 5.69 Å². The second-order valence-electron chi connectivity index (χ2n) is 7.52. The van der Waals surface area contributed by atoms with E-state index in [1.54, 1.807) is 0 Å². The summed E-state index contributed by atoms with van der Waals surface area (Å²) >= 11 is 0. The molecule has 0 spiro atoms. The molecule has 2 fully saturated rings. The lowest BCUT2D eigenvalue weighted by atomic mass is 10.1. The number of anilines is 2. The first-order valence-electron chi connectivity index (χ1n) is 9.95. The van der Waals surface area contributed by atoms with Crippen molar-refractivity contribution in [1.82, 2.24) is 14.9 Å². The number of morpholine rings is 1. The quantitative estimate of drug-likeness (QED) is 0.827. The van der Waals surface area contributed by atoms with Gasteiger partial charge in [-0.1, -0.05) is 12.1 Å². The Kier molecular flexibility index (Phi) is 5.55. The first-order valence-corrected chi connectivity index (χ1v) is 9.95. The molecule has 0 amide bonds. The molecule has 2 aliphatic rings. The molecule has 6 nitrogen and oxygen atoms in total. The van der Waals surface area contributed by atoms with Crippen LogP contribution in [-0.4, -0.2) is 73.4 Å². The third-order valence-corrected chi connectivity index (χ3v) is 5.55. The van der Waals surface area contributed by atoms with Gasteiger partial charge in [-0.25, -0.2) is 4.98 Å². The van der Waals surface area contributed by atoms with Crippen LogP contribution >= 0.6 is 0 Å². The van der Waals surface area contributed by atoms with Gasteiger partial charge in [0.25, 0.3) is 0 Å². The molecule has 4 rings (SSSR count). The average Bonchev–Trinajstić information content (AvgIpc) is 2.75. The Balaban J connectivity index is 1.40. The lowest BCUT2D eigenvalue weighted by molar-refractivity contribution is 0.122. The van der Waals surface area contributed by atoms with E-state index in [1.807, 2.05) is 12.4 Å². The van der Waals surface area contributed by atoms with Gasteiger partial charge < -0.3 is 14.5 Å². The number of ether oxygens (including phenoxy) is 1. The maximum atomic E-state index is 5.43. The van der Waals surface area contributed by atoms with Gasteiger partial charge >= 0.3 is 0 Å². The van der Waals surface area contributed by atoms with Crippen molar-refractivity contribution >= 4 is 11.5 Å². The predicted octanol–water partition coefficient (Wildman–Crippen LogP) is 2.51. The highest BCUT2D eigenvalue weighted by Crippen LogP contribution is 2.23. The van der Waals surface area contributed by atoms with Crippen molar-refractivity contribution in [2.24, 2.45) is 0 Å². The molecule has 0 saturated carbocycles. The van der Waals surface area contributed by atoms with Crippen molar-refractivity contribution in [1.29, 1.82) is 0 Å². The van der Waals surface area contributed by atoms with Crippen LogP contribution in [0.1, 0.15) is 13.8 Å². The zero-order valence-electron chi connectivity index (χ0n) is 16.3. The number of rotatable bonds is 4. The molecular formula is C21H29N5O. The molecule has 0 aliphatic carbocycles. The van der Waals surface area contributed by atoms with Crippen LogP contribution in [0.2, 0.25) is 0 Å². The minimum atomic E-state index is 0.612. The third kappa shape index (κ3) is 4.22. The Bertz CT molecular complexity index is 717. The minimum absolute atomic E-state index is 0.612. The fourth-order valence-corrected chi connectivity index (χ4v) is 3.77. The van der Waals surface area contributed by atoms with E-state index in [0.717, 1.165) is 69.6 Å². The number of hydrogen-bond donors (Lipinski definition) is 0. The summed E-state index contributed by atoms with van der Waals surface area (Å²) in [4.78, 5) is 16.5. The Labute approximate surface area is 161 Å². The van der Waals surface area contributed by atoms with Crippen molar-refractivity contribution < 1.29 is 4.74 Å². The third-order valence-electron chi connectivity index (χ3n) is 5.55. The second-order valence-corrected chi connectivity index (χ2v) is 7.52. The van der Waals surface area contributed by atoms with Crippen LogP contribution in [0.5, 0.6) is 0 Å². The Morgan fingerprint density at radius 3 is 2.11 bits per heavy atom. The highest BCUT2D eigenvalue weighted by Gasteiger charge is 2.20. The van der Waals surface area contributed by atoms with Crippen molar-refractivity contribution in [3.63, 3.8) is 0 Å². The molecule has 1 aromatic heterocycles. The maximum absolute atomic E-state index is 5.43. The molecule has 144 valence electrons. The number of aromatic nitrogens is 2. The predicted molar refractivity (Wildman–Crippen MR) is 109 cm³/mol. The van der Waals surface area contributed by atoms with Crippen LogP contribution in [0.25, 0.3) is 11.3 Å². The molecule has 6 heteroatoms. The monoisotopic (exact) mass is 367 g/mol. The van der Waals surface area contributed by atoms with Gasteiger partial charge in [0.1, 0.15) is 5.82 Å². The normalized spacial score (nSPS) is 18.9. The summed E-state index contributed by atoms with van der Waals surface area (Å²) in [7, 11) is 0. The molecule has 27 heavy (non-hydrogen) atoms. The molecule has 0 radical (unpaired) electrons. The standard InChI is InChI=1S/C21H29N5O/c1-17(2)24-7-9-26(10-8-24)21-16-22-20(15-23-21)18-3-5-19(6-4-18)25-11-13-27-14-12-25/h3-6,15-17H,7-14H2,1-2H3. The van der Waals surface area contributed by atoms with Gasteiger partial charge in [-0.15, -0.1) is 0 Å². The van der Waals surface area contributed by atoms with Crippen molar-refractivity contribution in [3.05, 3.63) is 36.7 Å². The lowest BCUT2D eigenvalue weighted by Crippen LogP contribution is -2.49. The van der Waals surface area contributed by atoms with Crippen LogP contribution < -0.4 is 9.80 Å². The van der Waals surface area contributed by atoms with Crippen LogP contribution in [0, 0.1) is 0 Å². The zero-order chi connectivity index (χ0) is 18.6. The maximum Gasteiger partial charge on any atom is 0.147 e. The molecular weight excluding hydrogens is 338 g/mol. The van der Waals surface area contributed by atoms with Crippen LogP contribution in [-0.2, 0) is 4.74 Å². The largest absolute Gasteiger partial charge is 0.378 e. The molecule has 0 bridgehead atoms. The molecule has 0 unspecified atom stereocenters. The Morgan fingerprint density at radius 2 is 1.52 bits per heavy atom. The van der Waals surface area contributed by atoms with Gasteiger partial charge in [-0.2, -0.15) is 0 Å². The summed E-state index contributed by atoms with van der Waals surface area (Å²) in [5, 5.41) is 0. The van der Waals surface area contributed by atoms with E-state index >= 15 is 0 Å². The van der Waals surface area contributed by atoms with Crippen LogP contribution in [0.4, 0.5) is 11.5 Å². The molecule has 2 saturated heterocycles. The van der Waals surface area contributed by atoms with Crippen LogP contribution in [0.15, 0.2) is 36.7 Å². The zero-order valence-corrected chi connectivity index (χ0v) is 16.3. The topological polar surface area (TPSA) is 44.7 Å². The number of hydrogen-bond acceptors (Lipinski definition) is 6. The summed E-state index contributed by atoms with van der Waals surface area (Å²) in [6, 6.07) is 9.22. The first-order chi connectivity index (χ1) is 13.2. The number of piperazine rings is 1. The van der Waals surface area contributed by atoms with Crippen molar-refractivity contribution in [3.8, 4) is 11.3 Å². The van der Waals surface area contributed by atoms with E-state index < -0.39 is 0 Å². The minimum Gasteiger partial charge on any atom is -0.378 e. The van der Waals surface area contributed by atoms with E-state index in [9.17, 15) is 0 Å². The number of nitrogens with zero attached hydrogens (tertiary/aromatic N) is 5. The van der Waals surface area contributed by atoms with Crippen molar-refractivity contribution in [2.45, 2.75) is 19.9 Å². The van der Waals surface area contributed by atoms with Gasteiger partial charge in [0.15, 0.2) is 0 Å². The summed E-state index contributed by atoms with van der Waals surface area (Å²) in [6.07, 6.45) is 3.81. The smallest absolute Gasteiger partial charge is 0.147 e. The van der Waals surface area contributed by atoms with Gasteiger partial charge in [0.2, 0.25) is 0 Å². The highest BCUT2D eigenvalue weighted by atomic mass is 16.5. The summed E-state index contributed by atoms with van der Waals surface area (Å²) in [5.74, 6) is 0.979. The Hall–Kier alpha value is -2.18. The SMILES string of the molecule is CC(C)N1CCN(c2cnc(-c3ccc(N4CCOCC4)cc3)cn2)CC1. The second kappa shape index (κ2) is 8.23. The van der Waals surface area contributed by atoms with Gasteiger partial charge in [0.05, 0.1) is 31.3 Å². The van der Waals surface area contributed by atoms with Crippen molar-refractivity contribution in [2.75, 3.05) is 62.3 Å². The highest BCUT2D eigenvalue weighted by molar-refractivity contribution is 5.63. The molecule has 2 aliphatic heterocycles. The molecule has 3 heterocycles. The average molecular weight is 367 g/mol. The first kappa shape index (κ1) is 18.2. The van der Waals surface area contributed by atoms with Crippen LogP contribution in [0.3, 0.4) is 0 Å². The summed E-state index contributed by atoms with van der Waals surface area (Å²) in [5.41, 5.74) is 3.28. The Morgan fingerprint density at radius 1 is 0.815 bits per heavy atom. The molecule has 2 aromatic rings. The van der Waals surface area contributed by atoms with E-state index in [4.69, 9.17) is 4.74 Å². The van der Waals surface area contributed by atoms with Gasteiger partial charge in [0, 0.05) is 56.6 Å². The molecule has 1 aromatic carbocycles. The fraction of sp³-hybridized carbons (Fsp3) is 0.524. The molecule has 0 atom stereocenters. The fourth-order valence-electron chi connectivity index (χ4n) is 3.77. The summed E-state index contributed by atoms with van der Waals surface area (Å²) < 4.78 is 5.43. The molecule has 0 N–H and O–H groups in total.